The van der Waals surface area contributed by atoms with Crippen LogP contribution >= 0.6 is 27.3 Å². The highest BCUT2D eigenvalue weighted by molar-refractivity contribution is 9.10. The molecule has 0 spiro atoms. The van der Waals surface area contributed by atoms with Crippen molar-refractivity contribution in [2.75, 3.05) is 0 Å². The molecule has 5 rings (SSSR count). The highest BCUT2D eigenvalue weighted by atomic mass is 79.9. The molecule has 1 heterocycles. The predicted molar refractivity (Wildman–Crippen MR) is 101 cm³/mol. The normalized spacial score (nSPS) is 12.8. The lowest BCUT2D eigenvalue weighted by molar-refractivity contribution is 0.104. The number of fused-ring (bicyclic) bond motifs is 7. The smallest absolute Gasteiger partial charge is 0.194 e. The molecule has 0 fully saturated rings. The van der Waals surface area contributed by atoms with Crippen LogP contribution in [0.1, 0.15) is 15.9 Å². The number of carbonyl (C=O) groups is 1. The second-order valence-corrected chi connectivity index (χ2v) is 7.62. The topological polar surface area (TPSA) is 17.1 Å². The number of hydrogen-bond acceptors (Lipinski definition) is 2. The van der Waals surface area contributed by atoms with E-state index in [0.717, 1.165) is 25.9 Å². The van der Waals surface area contributed by atoms with Crippen LogP contribution in [0.15, 0.2) is 53.0 Å². The van der Waals surface area contributed by atoms with Crippen LogP contribution in [-0.4, -0.2) is 13.6 Å². The molecule has 0 saturated heterocycles. The summed E-state index contributed by atoms with van der Waals surface area (Å²) in [5, 5.41) is 2.40. The minimum Gasteiger partial charge on any atom is -0.289 e. The Balaban J connectivity index is 2.02. The summed E-state index contributed by atoms with van der Waals surface area (Å²) in [6.45, 7) is 0. The first-order valence-corrected chi connectivity index (χ1v) is 8.84. The SMILES string of the molecule is [B]c1ccc2c(c1)C(=O)c1cc(Br)c3c(sc4ccccc43)c1-2. The molecule has 0 aliphatic heterocycles. The number of benzene rings is 3. The molecule has 23 heavy (non-hydrogen) atoms. The van der Waals surface area contributed by atoms with Crippen LogP contribution in [0.3, 0.4) is 0 Å². The van der Waals surface area contributed by atoms with E-state index in [0.29, 0.717) is 11.0 Å². The summed E-state index contributed by atoms with van der Waals surface area (Å²) in [7, 11) is 5.87. The van der Waals surface area contributed by atoms with Gasteiger partial charge in [0.05, 0.1) is 0 Å². The Morgan fingerprint density at radius 1 is 0.957 bits per heavy atom. The molecule has 0 amide bonds. The molecule has 4 heteroatoms. The molecule has 0 bridgehead atoms. The van der Waals surface area contributed by atoms with Crippen molar-refractivity contribution in [3.8, 4) is 11.1 Å². The van der Waals surface area contributed by atoms with E-state index in [9.17, 15) is 4.79 Å². The zero-order chi connectivity index (χ0) is 15.7. The number of rotatable bonds is 0. The second kappa shape index (κ2) is 4.56. The lowest BCUT2D eigenvalue weighted by atomic mass is 9.92. The van der Waals surface area contributed by atoms with Gasteiger partial charge in [-0.15, -0.1) is 11.3 Å². The fraction of sp³-hybridized carbons (Fsp3) is 0. The van der Waals surface area contributed by atoms with Gasteiger partial charge in [0.15, 0.2) is 5.78 Å². The van der Waals surface area contributed by atoms with Crippen molar-refractivity contribution < 1.29 is 4.79 Å². The number of carbonyl (C=O) groups excluding carboxylic acids is 1. The maximum atomic E-state index is 12.8. The lowest BCUT2D eigenvalue weighted by Gasteiger charge is -2.04. The number of thiophene rings is 1. The summed E-state index contributed by atoms with van der Waals surface area (Å²) >= 11 is 5.40. The predicted octanol–water partition coefficient (Wildman–Crippen LogP) is 4.82. The van der Waals surface area contributed by atoms with Crippen molar-refractivity contribution in [3.63, 3.8) is 0 Å². The van der Waals surface area contributed by atoms with E-state index in [1.54, 1.807) is 17.4 Å². The molecule has 0 unspecified atom stereocenters. The molecule has 4 aromatic rings. The lowest BCUT2D eigenvalue weighted by Crippen LogP contribution is -2.05. The van der Waals surface area contributed by atoms with Crippen LogP contribution in [0.4, 0.5) is 0 Å². The summed E-state index contributed by atoms with van der Waals surface area (Å²) in [5.41, 5.74) is 4.12. The summed E-state index contributed by atoms with van der Waals surface area (Å²) < 4.78 is 3.36. The largest absolute Gasteiger partial charge is 0.289 e. The van der Waals surface area contributed by atoms with Gasteiger partial charge in [-0.05, 0) is 17.7 Å². The Morgan fingerprint density at radius 2 is 1.78 bits per heavy atom. The first kappa shape index (κ1) is 13.5. The van der Waals surface area contributed by atoms with Crippen LogP contribution in [0.2, 0.25) is 0 Å². The molecule has 0 N–H and O–H groups in total. The van der Waals surface area contributed by atoms with Crippen LogP contribution in [0, 0.1) is 0 Å². The molecule has 0 saturated carbocycles. The summed E-state index contributed by atoms with van der Waals surface area (Å²) in [5.74, 6) is 0.0577. The van der Waals surface area contributed by atoms with E-state index in [1.165, 1.54) is 15.5 Å². The fourth-order valence-electron chi connectivity index (χ4n) is 3.41. The van der Waals surface area contributed by atoms with Crippen LogP contribution in [0.25, 0.3) is 31.3 Å². The average Bonchev–Trinajstić information content (AvgIpc) is 3.05. The Morgan fingerprint density at radius 3 is 2.65 bits per heavy atom. The van der Waals surface area contributed by atoms with Gasteiger partial charge in [0.2, 0.25) is 0 Å². The monoisotopic (exact) mass is 374 g/mol. The Kier molecular flexibility index (Phi) is 2.68. The van der Waals surface area contributed by atoms with Crippen LogP contribution < -0.4 is 5.46 Å². The van der Waals surface area contributed by atoms with Gasteiger partial charge in [0.1, 0.15) is 7.85 Å². The van der Waals surface area contributed by atoms with E-state index in [4.69, 9.17) is 7.85 Å². The third kappa shape index (κ3) is 1.71. The molecular formula is C19H8BBrOS. The first-order chi connectivity index (χ1) is 11.1. The van der Waals surface area contributed by atoms with Crippen molar-refractivity contribution in [2.24, 2.45) is 0 Å². The minimum atomic E-state index is 0.0577. The maximum Gasteiger partial charge on any atom is 0.194 e. The van der Waals surface area contributed by atoms with E-state index in [2.05, 4.69) is 28.1 Å². The van der Waals surface area contributed by atoms with E-state index >= 15 is 0 Å². The van der Waals surface area contributed by atoms with Gasteiger partial charge in [-0.2, -0.15) is 0 Å². The minimum absolute atomic E-state index is 0.0577. The zero-order valence-corrected chi connectivity index (χ0v) is 14.3. The van der Waals surface area contributed by atoms with Crippen molar-refractivity contribution in [1.29, 1.82) is 0 Å². The Bertz CT molecular complexity index is 1160. The summed E-state index contributed by atoms with van der Waals surface area (Å²) in [6.07, 6.45) is 0. The summed E-state index contributed by atoms with van der Waals surface area (Å²) in [4.78, 5) is 12.8. The second-order valence-electron chi connectivity index (χ2n) is 5.72. The van der Waals surface area contributed by atoms with E-state index in [1.807, 2.05) is 30.3 Å². The van der Waals surface area contributed by atoms with Gasteiger partial charge in [-0.3, -0.25) is 4.79 Å². The average molecular weight is 375 g/mol. The first-order valence-electron chi connectivity index (χ1n) is 7.23. The fourth-order valence-corrected chi connectivity index (χ4v) is 5.47. The molecule has 106 valence electrons. The third-order valence-electron chi connectivity index (χ3n) is 4.40. The van der Waals surface area contributed by atoms with Gasteiger partial charge in [-0.25, -0.2) is 0 Å². The van der Waals surface area contributed by atoms with Crippen LogP contribution in [-0.2, 0) is 0 Å². The highest BCUT2D eigenvalue weighted by Gasteiger charge is 2.30. The standard InChI is InChI=1S/C19H8BBrOS/c20-9-5-6-10-12(7-9)18(22)13-8-14(21)17-11-3-1-2-4-15(11)23-19(17)16(10)13/h1-8H. The molecule has 1 aliphatic rings. The van der Waals surface area contributed by atoms with E-state index < -0.39 is 0 Å². The number of hydrogen-bond donors (Lipinski definition) is 0. The maximum absolute atomic E-state index is 12.8. The molecule has 3 aromatic carbocycles. The van der Waals surface area contributed by atoms with Crippen molar-refractivity contribution in [3.05, 3.63) is 64.1 Å². The number of ketones is 1. The quantitative estimate of drug-likeness (QED) is 0.355. The third-order valence-corrected chi connectivity index (χ3v) is 6.22. The van der Waals surface area contributed by atoms with Gasteiger partial charge in [0.25, 0.3) is 0 Å². The molecule has 1 nitrogen and oxygen atoms in total. The van der Waals surface area contributed by atoms with Crippen molar-refractivity contribution >= 4 is 66.5 Å². The van der Waals surface area contributed by atoms with Crippen molar-refractivity contribution in [2.45, 2.75) is 0 Å². The van der Waals surface area contributed by atoms with Crippen LogP contribution in [0.5, 0.6) is 0 Å². The van der Waals surface area contributed by atoms with Gasteiger partial charge in [-0.1, -0.05) is 57.8 Å². The molecule has 2 radical (unpaired) electrons. The molecule has 0 atom stereocenters. The Hall–Kier alpha value is -1.91. The molecule has 1 aliphatic carbocycles. The highest BCUT2D eigenvalue weighted by Crippen LogP contribution is 2.48. The van der Waals surface area contributed by atoms with Crippen molar-refractivity contribution in [1.82, 2.24) is 0 Å². The van der Waals surface area contributed by atoms with Gasteiger partial charge in [0, 0.05) is 41.3 Å². The molecular weight excluding hydrogens is 367 g/mol. The summed E-state index contributed by atoms with van der Waals surface area (Å²) in [6, 6.07) is 15.9. The number of halogens is 1. The van der Waals surface area contributed by atoms with Gasteiger partial charge >= 0.3 is 0 Å². The van der Waals surface area contributed by atoms with Gasteiger partial charge < -0.3 is 0 Å². The zero-order valence-electron chi connectivity index (χ0n) is 11.9. The molecule has 1 aromatic heterocycles. The van der Waals surface area contributed by atoms with E-state index in [-0.39, 0.29) is 5.78 Å². The Labute approximate surface area is 146 Å².